The molecule has 1 saturated carbocycles. The molecule has 0 bridgehead atoms. The Labute approximate surface area is 155 Å². The highest BCUT2D eigenvalue weighted by Gasteiger charge is 2.25. The summed E-state index contributed by atoms with van der Waals surface area (Å²) in [5.41, 5.74) is 8.47. The Morgan fingerprint density at radius 2 is 1.79 bits per heavy atom. The van der Waals surface area contributed by atoms with Crippen LogP contribution in [-0.4, -0.2) is 11.8 Å². The van der Waals surface area contributed by atoms with Crippen molar-refractivity contribution >= 4 is 23.4 Å². The minimum atomic E-state index is 0.594. The highest BCUT2D eigenvalue weighted by atomic mass is 35.5. The molecule has 0 heterocycles. The predicted molar refractivity (Wildman–Crippen MR) is 107 cm³/mol. The molecule has 3 rings (SSSR count). The van der Waals surface area contributed by atoms with Crippen LogP contribution in [0.1, 0.15) is 38.5 Å². The Balaban J connectivity index is 1.87. The van der Waals surface area contributed by atoms with Gasteiger partial charge in [0.15, 0.2) is 0 Å². The van der Waals surface area contributed by atoms with Crippen molar-refractivity contribution in [1.29, 1.82) is 0 Å². The van der Waals surface area contributed by atoms with Crippen molar-refractivity contribution in [3.8, 4) is 11.1 Å². The Bertz CT molecular complexity index is 638. The van der Waals surface area contributed by atoms with E-state index in [0.29, 0.717) is 5.25 Å². The summed E-state index contributed by atoms with van der Waals surface area (Å²) in [5, 5.41) is 1.41. The van der Waals surface area contributed by atoms with Crippen LogP contribution in [0.2, 0.25) is 5.02 Å². The molecule has 1 unspecified atom stereocenters. The molecule has 0 spiro atoms. The van der Waals surface area contributed by atoms with Crippen molar-refractivity contribution in [2.45, 2.75) is 48.7 Å². The van der Waals surface area contributed by atoms with Crippen LogP contribution < -0.4 is 5.73 Å². The van der Waals surface area contributed by atoms with E-state index in [-0.39, 0.29) is 0 Å². The molecule has 0 amide bonds. The Morgan fingerprint density at radius 3 is 2.50 bits per heavy atom. The molecule has 2 aromatic carbocycles. The molecule has 1 fully saturated rings. The lowest BCUT2D eigenvalue weighted by Crippen LogP contribution is -2.23. The average molecular weight is 360 g/mol. The van der Waals surface area contributed by atoms with E-state index >= 15 is 0 Å². The third-order valence-electron chi connectivity index (χ3n) is 4.93. The van der Waals surface area contributed by atoms with Crippen molar-refractivity contribution < 1.29 is 0 Å². The molecule has 0 radical (unpaired) electrons. The molecule has 0 aliphatic heterocycles. The summed E-state index contributed by atoms with van der Waals surface area (Å²) >= 11 is 8.30. The predicted octanol–water partition coefficient (Wildman–Crippen LogP) is 6.40. The van der Waals surface area contributed by atoms with Crippen LogP contribution in [0, 0.1) is 5.92 Å². The fourth-order valence-electron chi connectivity index (χ4n) is 3.67. The van der Waals surface area contributed by atoms with E-state index in [2.05, 4.69) is 42.5 Å². The third kappa shape index (κ3) is 4.56. The maximum absolute atomic E-state index is 6.31. The maximum atomic E-state index is 6.31. The molecule has 1 aliphatic carbocycles. The number of nitrogens with two attached hydrogens (primary N) is 1. The number of hydrogen-bond acceptors (Lipinski definition) is 2. The number of halogens is 1. The molecule has 1 nitrogen and oxygen atoms in total. The highest BCUT2D eigenvalue weighted by Crippen LogP contribution is 2.42. The first-order valence-electron chi connectivity index (χ1n) is 8.99. The largest absolute Gasteiger partial charge is 0.330 e. The minimum absolute atomic E-state index is 0.594. The van der Waals surface area contributed by atoms with Gasteiger partial charge in [-0.15, -0.1) is 11.8 Å². The third-order valence-corrected chi connectivity index (χ3v) is 6.68. The second-order valence-electron chi connectivity index (χ2n) is 6.64. The molecule has 2 N–H and O–H groups in total. The second kappa shape index (κ2) is 8.94. The molecule has 0 saturated heterocycles. The van der Waals surface area contributed by atoms with E-state index < -0.39 is 0 Å². The van der Waals surface area contributed by atoms with Gasteiger partial charge in [-0.25, -0.2) is 0 Å². The SMILES string of the molecule is NCCC(Sc1cc(Cl)ccc1-c1ccccc1)C1CCCCC1. The molecule has 128 valence electrons. The Kier molecular flexibility index (Phi) is 6.65. The van der Waals surface area contributed by atoms with Gasteiger partial charge in [-0.1, -0.05) is 67.3 Å². The van der Waals surface area contributed by atoms with Gasteiger partial charge in [0.1, 0.15) is 0 Å². The summed E-state index contributed by atoms with van der Waals surface area (Å²) in [6, 6.07) is 16.9. The molecular weight excluding hydrogens is 334 g/mol. The standard InChI is InChI=1S/C21H26ClNS/c22-18-11-12-19(16-7-3-1-4-8-16)21(15-18)24-20(13-14-23)17-9-5-2-6-10-17/h1,3-4,7-8,11-12,15,17,20H,2,5-6,9-10,13-14,23H2. The van der Waals surface area contributed by atoms with E-state index in [1.807, 2.05) is 17.8 Å². The van der Waals surface area contributed by atoms with Crippen LogP contribution in [0.25, 0.3) is 11.1 Å². The summed E-state index contributed by atoms with van der Waals surface area (Å²) in [5.74, 6) is 0.787. The zero-order valence-corrected chi connectivity index (χ0v) is 15.7. The van der Waals surface area contributed by atoms with E-state index in [4.69, 9.17) is 17.3 Å². The first-order valence-corrected chi connectivity index (χ1v) is 10.3. The molecule has 3 heteroatoms. The van der Waals surface area contributed by atoms with Gasteiger partial charge in [0.25, 0.3) is 0 Å². The Hall–Kier alpha value is -0.960. The highest BCUT2D eigenvalue weighted by molar-refractivity contribution is 8.00. The van der Waals surface area contributed by atoms with Crippen LogP contribution in [0.3, 0.4) is 0 Å². The van der Waals surface area contributed by atoms with Crippen molar-refractivity contribution in [2.75, 3.05) is 6.54 Å². The summed E-state index contributed by atoms with van der Waals surface area (Å²) in [6.07, 6.45) is 7.90. The summed E-state index contributed by atoms with van der Waals surface area (Å²) in [7, 11) is 0. The van der Waals surface area contributed by atoms with Gasteiger partial charge in [0.2, 0.25) is 0 Å². The topological polar surface area (TPSA) is 26.0 Å². The summed E-state index contributed by atoms with van der Waals surface area (Å²) < 4.78 is 0. The zero-order chi connectivity index (χ0) is 16.8. The maximum Gasteiger partial charge on any atom is 0.0417 e. The second-order valence-corrected chi connectivity index (χ2v) is 8.36. The lowest BCUT2D eigenvalue weighted by Gasteiger charge is -2.30. The normalized spacial score (nSPS) is 16.9. The minimum Gasteiger partial charge on any atom is -0.330 e. The van der Waals surface area contributed by atoms with E-state index in [9.17, 15) is 0 Å². The summed E-state index contributed by atoms with van der Waals surface area (Å²) in [6.45, 7) is 0.759. The van der Waals surface area contributed by atoms with E-state index in [1.165, 1.54) is 48.1 Å². The fraction of sp³-hybridized carbons (Fsp3) is 0.429. The average Bonchev–Trinajstić information content (AvgIpc) is 2.63. The lowest BCUT2D eigenvalue weighted by atomic mass is 9.86. The van der Waals surface area contributed by atoms with Crippen LogP contribution >= 0.6 is 23.4 Å². The zero-order valence-electron chi connectivity index (χ0n) is 14.1. The number of hydrogen-bond donors (Lipinski definition) is 1. The van der Waals surface area contributed by atoms with Gasteiger partial charge in [0, 0.05) is 15.2 Å². The van der Waals surface area contributed by atoms with Crippen LogP contribution in [0.4, 0.5) is 0 Å². The van der Waals surface area contributed by atoms with Gasteiger partial charge in [-0.3, -0.25) is 0 Å². The first kappa shape index (κ1) is 17.8. The molecule has 1 aliphatic rings. The molecule has 2 aromatic rings. The quantitative estimate of drug-likeness (QED) is 0.604. The van der Waals surface area contributed by atoms with E-state index in [0.717, 1.165) is 23.9 Å². The summed E-state index contributed by atoms with van der Waals surface area (Å²) in [4.78, 5) is 1.29. The van der Waals surface area contributed by atoms with Crippen molar-refractivity contribution in [2.24, 2.45) is 11.7 Å². The van der Waals surface area contributed by atoms with Crippen molar-refractivity contribution in [3.63, 3.8) is 0 Å². The first-order chi connectivity index (χ1) is 11.8. The van der Waals surface area contributed by atoms with Crippen molar-refractivity contribution in [3.05, 3.63) is 53.6 Å². The van der Waals surface area contributed by atoms with Crippen molar-refractivity contribution in [1.82, 2.24) is 0 Å². The van der Waals surface area contributed by atoms with E-state index in [1.54, 1.807) is 0 Å². The monoisotopic (exact) mass is 359 g/mol. The molecule has 1 atom stereocenters. The number of benzene rings is 2. The van der Waals surface area contributed by atoms with Gasteiger partial charge in [0.05, 0.1) is 0 Å². The smallest absolute Gasteiger partial charge is 0.0417 e. The molecule has 24 heavy (non-hydrogen) atoms. The molecular formula is C21H26ClNS. The van der Waals surface area contributed by atoms with Gasteiger partial charge in [-0.2, -0.15) is 0 Å². The van der Waals surface area contributed by atoms with Gasteiger partial charge in [-0.05, 0) is 55.0 Å². The molecule has 0 aromatic heterocycles. The van der Waals surface area contributed by atoms with Crippen LogP contribution in [0.5, 0.6) is 0 Å². The number of thioether (sulfide) groups is 1. The Morgan fingerprint density at radius 1 is 1.04 bits per heavy atom. The van der Waals surface area contributed by atoms with Gasteiger partial charge >= 0.3 is 0 Å². The van der Waals surface area contributed by atoms with Crippen LogP contribution in [-0.2, 0) is 0 Å². The van der Waals surface area contributed by atoms with Gasteiger partial charge < -0.3 is 5.73 Å². The lowest BCUT2D eigenvalue weighted by molar-refractivity contribution is 0.342. The number of rotatable bonds is 6. The fourth-order valence-corrected chi connectivity index (χ4v) is 5.46. The van der Waals surface area contributed by atoms with Crippen LogP contribution in [0.15, 0.2) is 53.4 Å².